The number of rotatable bonds is 6. The van der Waals surface area contributed by atoms with Crippen molar-refractivity contribution < 1.29 is 62.2 Å². The molecular formula is C11H5F12N7O2. The zero-order valence-corrected chi connectivity index (χ0v) is 14.3. The number of ether oxygens (including phenoxy) is 2. The molecule has 9 nitrogen and oxygen atoms in total. The van der Waals surface area contributed by atoms with Gasteiger partial charge in [0.05, 0.1) is 0 Å². The molecule has 0 amide bonds. The van der Waals surface area contributed by atoms with Crippen LogP contribution in [0.3, 0.4) is 0 Å². The van der Waals surface area contributed by atoms with E-state index in [1.165, 1.54) is 0 Å². The predicted molar refractivity (Wildman–Crippen MR) is 71.9 cm³/mol. The van der Waals surface area contributed by atoms with E-state index in [2.05, 4.69) is 34.6 Å². The fraction of sp³-hybridized carbons (Fsp3) is 0.545. The highest BCUT2D eigenvalue weighted by atomic mass is 19.4. The lowest BCUT2D eigenvalue weighted by Gasteiger charge is -2.24. The second kappa shape index (κ2) is 8.33. The summed E-state index contributed by atoms with van der Waals surface area (Å²) in [5.74, 6) is -1.18. The maximum atomic E-state index is 12.6. The van der Waals surface area contributed by atoms with Crippen molar-refractivity contribution in [3.05, 3.63) is 12.7 Å². The van der Waals surface area contributed by atoms with E-state index >= 15 is 0 Å². The third-order valence-electron chi connectivity index (χ3n) is 2.88. The molecule has 21 heteroatoms. The van der Waals surface area contributed by atoms with Crippen molar-refractivity contribution >= 4 is 5.95 Å². The van der Waals surface area contributed by atoms with Crippen LogP contribution in [-0.2, 0) is 0 Å². The molecule has 32 heavy (non-hydrogen) atoms. The van der Waals surface area contributed by atoms with Crippen molar-refractivity contribution in [1.29, 1.82) is 0 Å². The van der Waals surface area contributed by atoms with E-state index in [1.54, 1.807) is 0 Å². The molecule has 0 unspecified atom stereocenters. The fourth-order valence-electron chi connectivity index (χ4n) is 1.72. The topological polar surface area (TPSA) is 99.9 Å². The van der Waals surface area contributed by atoms with Gasteiger partial charge < -0.3 is 9.47 Å². The van der Waals surface area contributed by atoms with Gasteiger partial charge in [0, 0.05) is 0 Å². The molecule has 0 aliphatic heterocycles. The number of hydrogen-bond acceptors (Lipinski definition) is 8. The molecule has 0 fully saturated rings. The van der Waals surface area contributed by atoms with E-state index in [9.17, 15) is 52.7 Å². The van der Waals surface area contributed by atoms with E-state index in [0.717, 1.165) is 12.7 Å². The first-order valence-corrected chi connectivity index (χ1v) is 7.35. The Kier molecular flexibility index (Phi) is 6.50. The average Bonchev–Trinajstić information content (AvgIpc) is 3.06. The van der Waals surface area contributed by atoms with Crippen LogP contribution in [0.1, 0.15) is 0 Å². The molecule has 0 aliphatic carbocycles. The van der Waals surface area contributed by atoms with Crippen molar-refractivity contribution in [3.8, 4) is 12.0 Å². The molecule has 0 spiro atoms. The number of alkyl halides is 12. The number of anilines is 1. The van der Waals surface area contributed by atoms with Crippen molar-refractivity contribution in [2.24, 2.45) is 0 Å². The molecule has 1 N–H and O–H groups in total. The molecule has 0 bridgehead atoms. The quantitative estimate of drug-likeness (QED) is 0.611. The summed E-state index contributed by atoms with van der Waals surface area (Å²) in [4.78, 5) is 8.41. The van der Waals surface area contributed by atoms with E-state index in [1.807, 2.05) is 5.43 Å². The standard InChI is InChI=1S/C11H5F12N7O2/c12-8(13,14)3(9(15,16)17)31-6-26-5(29-30-1-24-25-2-30)27-7(28-6)32-4(10(18,19)20)11(21,22)23/h1-4H,(H,26,27,28,29). The van der Waals surface area contributed by atoms with Gasteiger partial charge in [0.25, 0.3) is 18.2 Å². The predicted octanol–water partition coefficient (Wildman–Crippen LogP) is 3.08. The van der Waals surface area contributed by atoms with Crippen LogP contribution in [0.2, 0.25) is 0 Å². The second-order valence-electron chi connectivity index (χ2n) is 5.37. The third-order valence-corrected chi connectivity index (χ3v) is 2.88. The molecule has 2 aromatic heterocycles. The van der Waals surface area contributed by atoms with Gasteiger partial charge in [-0.15, -0.1) is 15.2 Å². The molecule has 0 saturated heterocycles. The minimum atomic E-state index is -6.12. The number of nitrogens with zero attached hydrogens (tertiary/aromatic N) is 6. The highest BCUT2D eigenvalue weighted by Gasteiger charge is 2.61. The van der Waals surface area contributed by atoms with Crippen molar-refractivity contribution in [2.75, 3.05) is 5.43 Å². The van der Waals surface area contributed by atoms with Gasteiger partial charge in [-0.05, 0) is 0 Å². The first-order chi connectivity index (χ1) is 14.4. The maximum Gasteiger partial charge on any atom is 0.434 e. The average molecular weight is 495 g/mol. The Morgan fingerprint density at radius 1 is 0.625 bits per heavy atom. The monoisotopic (exact) mass is 495 g/mol. The number of halogens is 12. The number of nitrogens with one attached hydrogen (secondary N) is 1. The van der Waals surface area contributed by atoms with Crippen LogP contribution >= 0.6 is 0 Å². The van der Waals surface area contributed by atoms with Crippen LogP contribution in [0.25, 0.3) is 0 Å². The lowest BCUT2D eigenvalue weighted by atomic mass is 10.3. The second-order valence-corrected chi connectivity index (χ2v) is 5.37. The van der Waals surface area contributed by atoms with Crippen LogP contribution in [0.4, 0.5) is 58.6 Å². The molecule has 0 aromatic carbocycles. The summed E-state index contributed by atoms with van der Waals surface area (Å²) in [6, 6.07) is -3.93. The molecule has 2 aromatic rings. The van der Waals surface area contributed by atoms with Gasteiger partial charge >= 0.3 is 36.7 Å². The Balaban J connectivity index is 2.49. The van der Waals surface area contributed by atoms with E-state index in [4.69, 9.17) is 0 Å². The zero-order valence-electron chi connectivity index (χ0n) is 14.3. The fourth-order valence-corrected chi connectivity index (χ4v) is 1.72. The normalized spacial score (nSPS) is 13.6. The Labute approximate surface area is 166 Å². The largest absolute Gasteiger partial charge is 0.440 e. The molecule has 0 atom stereocenters. The molecule has 0 aliphatic rings. The number of aromatic nitrogens is 6. The Morgan fingerprint density at radius 2 is 0.969 bits per heavy atom. The van der Waals surface area contributed by atoms with E-state index in [0.29, 0.717) is 4.68 Å². The van der Waals surface area contributed by atoms with Gasteiger partial charge in [-0.2, -0.15) is 62.7 Å². The smallest absolute Gasteiger partial charge is 0.434 e. The summed E-state index contributed by atoms with van der Waals surface area (Å²) >= 11 is 0. The van der Waals surface area contributed by atoms with Crippen LogP contribution in [-0.4, -0.2) is 66.7 Å². The Hall–Kier alpha value is -3.29. The highest BCUT2D eigenvalue weighted by molar-refractivity contribution is 5.27. The summed E-state index contributed by atoms with van der Waals surface area (Å²) in [5.41, 5.74) is 1.91. The molecular weight excluding hydrogens is 490 g/mol. The minimum absolute atomic E-state index is 0.666. The molecule has 2 heterocycles. The van der Waals surface area contributed by atoms with Crippen molar-refractivity contribution in [1.82, 2.24) is 29.8 Å². The van der Waals surface area contributed by atoms with Gasteiger partial charge in [0.1, 0.15) is 12.7 Å². The van der Waals surface area contributed by atoms with Crippen molar-refractivity contribution in [3.63, 3.8) is 0 Å². The first-order valence-electron chi connectivity index (χ1n) is 7.35. The minimum Gasteiger partial charge on any atom is -0.440 e. The summed E-state index contributed by atoms with van der Waals surface area (Å²) in [6.45, 7) is 0. The van der Waals surface area contributed by atoms with E-state index < -0.39 is 54.9 Å². The first kappa shape index (κ1) is 25.0. The molecule has 2 rings (SSSR count). The summed E-state index contributed by atoms with van der Waals surface area (Å²) in [7, 11) is 0. The van der Waals surface area contributed by atoms with Crippen molar-refractivity contribution in [2.45, 2.75) is 36.9 Å². The highest BCUT2D eigenvalue weighted by Crippen LogP contribution is 2.38. The lowest BCUT2D eigenvalue weighted by molar-refractivity contribution is -0.302. The van der Waals surface area contributed by atoms with Crippen LogP contribution < -0.4 is 14.9 Å². The maximum absolute atomic E-state index is 12.6. The van der Waals surface area contributed by atoms with Gasteiger partial charge in [-0.1, -0.05) is 0 Å². The molecule has 0 radical (unpaired) electrons. The Bertz CT molecular complexity index is 812. The molecule has 180 valence electrons. The molecule has 0 saturated carbocycles. The summed E-state index contributed by atoms with van der Waals surface area (Å²) in [5, 5.41) is 6.42. The van der Waals surface area contributed by atoms with Gasteiger partial charge in [0.15, 0.2) is 0 Å². The number of hydrogen-bond donors (Lipinski definition) is 1. The SMILES string of the molecule is FC(F)(F)C(Oc1nc(Nn2cnnc2)nc(OC(C(F)(F)F)C(F)(F)F)n1)C(F)(F)F. The van der Waals surface area contributed by atoms with Gasteiger partial charge in [0.2, 0.25) is 0 Å². The zero-order chi connectivity index (χ0) is 24.5. The summed E-state index contributed by atoms with van der Waals surface area (Å²) in [6.07, 6.45) is -32.0. The van der Waals surface area contributed by atoms with E-state index in [-0.39, 0.29) is 0 Å². The van der Waals surface area contributed by atoms with Crippen LogP contribution in [0.5, 0.6) is 12.0 Å². The Morgan fingerprint density at radius 3 is 1.28 bits per heavy atom. The third kappa shape index (κ3) is 6.60. The van der Waals surface area contributed by atoms with Crippen LogP contribution in [0, 0.1) is 0 Å². The summed E-state index contributed by atoms with van der Waals surface area (Å²) < 4.78 is 160. The van der Waals surface area contributed by atoms with Crippen LogP contribution in [0.15, 0.2) is 12.7 Å². The lowest BCUT2D eigenvalue weighted by Crippen LogP contribution is -2.47. The van der Waals surface area contributed by atoms with Gasteiger partial charge in [-0.3, -0.25) is 5.43 Å². The van der Waals surface area contributed by atoms with Gasteiger partial charge in [-0.25, -0.2) is 4.68 Å².